The molecule has 0 aromatic heterocycles. The zero-order valence-corrected chi connectivity index (χ0v) is 20.6. The number of morpholine rings is 1. The molecule has 1 fully saturated rings. The number of benzene rings is 2. The van der Waals surface area contributed by atoms with Gasteiger partial charge in [0.1, 0.15) is 5.82 Å². The predicted octanol–water partition coefficient (Wildman–Crippen LogP) is 2.67. The fourth-order valence-corrected chi connectivity index (χ4v) is 3.51. The van der Waals surface area contributed by atoms with Crippen LogP contribution in [0.25, 0.3) is 0 Å². The number of nitrogens with one attached hydrogen (secondary N) is 2. The summed E-state index contributed by atoms with van der Waals surface area (Å²) in [6.45, 7) is 6.85. The van der Waals surface area contributed by atoms with Gasteiger partial charge in [-0.15, -0.1) is 24.0 Å². The van der Waals surface area contributed by atoms with E-state index in [1.165, 1.54) is 12.1 Å². The minimum Gasteiger partial charge on any atom is -0.379 e. The smallest absolute Gasteiger partial charge is 0.248 e. The summed E-state index contributed by atoms with van der Waals surface area (Å²) in [5, 5.41) is 6.68. The lowest BCUT2D eigenvalue weighted by Gasteiger charge is -2.35. The summed E-state index contributed by atoms with van der Waals surface area (Å²) in [6.07, 6.45) is 0. The molecule has 4 N–H and O–H groups in total. The van der Waals surface area contributed by atoms with Gasteiger partial charge >= 0.3 is 0 Å². The van der Waals surface area contributed by atoms with Crippen LogP contribution in [0.2, 0.25) is 0 Å². The summed E-state index contributed by atoms with van der Waals surface area (Å²) in [6, 6.07) is 13.8. The maximum atomic E-state index is 13.4. The number of primary amides is 1. The third-order valence-electron chi connectivity index (χ3n) is 5.21. The van der Waals surface area contributed by atoms with E-state index in [2.05, 4.69) is 20.5 Å². The van der Waals surface area contributed by atoms with E-state index in [1.807, 2.05) is 31.2 Å². The lowest BCUT2D eigenvalue weighted by Crippen LogP contribution is -2.46. The molecule has 0 radical (unpaired) electrons. The molecule has 1 unspecified atom stereocenters. The van der Waals surface area contributed by atoms with Gasteiger partial charge in [0.05, 0.1) is 25.8 Å². The number of nitrogens with two attached hydrogens (primary N) is 1. The van der Waals surface area contributed by atoms with Crippen molar-refractivity contribution in [2.24, 2.45) is 10.7 Å². The number of amides is 1. The molecule has 2 aromatic rings. The van der Waals surface area contributed by atoms with Crippen LogP contribution >= 0.6 is 24.0 Å². The van der Waals surface area contributed by atoms with Crippen LogP contribution in [0.4, 0.5) is 4.39 Å². The van der Waals surface area contributed by atoms with Gasteiger partial charge in [-0.1, -0.05) is 24.3 Å². The first-order valence-electron chi connectivity index (χ1n) is 10.5. The molecule has 3 rings (SSSR count). The van der Waals surface area contributed by atoms with Gasteiger partial charge in [0, 0.05) is 31.7 Å². The standard InChI is InChI=1S/C23H30FN5O2.HI/c1-2-26-23(27-15-17-3-5-19(6-4-17)22(25)30)28-16-21(29-11-13-31-14-12-29)18-7-9-20(24)10-8-18;/h3-10,21H,2,11-16H2,1H3,(H2,25,30)(H2,26,27,28);1H. The molecule has 7 nitrogen and oxygen atoms in total. The lowest BCUT2D eigenvalue weighted by molar-refractivity contribution is 0.0170. The highest BCUT2D eigenvalue weighted by Gasteiger charge is 2.23. The van der Waals surface area contributed by atoms with Crippen molar-refractivity contribution in [2.45, 2.75) is 19.5 Å². The Morgan fingerprint density at radius 2 is 1.78 bits per heavy atom. The third kappa shape index (κ3) is 7.72. The average Bonchev–Trinajstić information content (AvgIpc) is 2.79. The maximum absolute atomic E-state index is 13.4. The number of guanidine groups is 1. The Kier molecular flexibility index (Phi) is 10.8. The van der Waals surface area contributed by atoms with E-state index in [4.69, 9.17) is 10.5 Å². The highest BCUT2D eigenvalue weighted by Crippen LogP contribution is 2.21. The first kappa shape index (κ1) is 26.0. The molecule has 2 aromatic carbocycles. The van der Waals surface area contributed by atoms with Crippen molar-refractivity contribution in [1.82, 2.24) is 15.5 Å². The van der Waals surface area contributed by atoms with Crippen LogP contribution in [0.3, 0.4) is 0 Å². The minimum atomic E-state index is -0.444. The van der Waals surface area contributed by atoms with Gasteiger partial charge in [-0.3, -0.25) is 9.69 Å². The summed E-state index contributed by atoms with van der Waals surface area (Å²) < 4.78 is 18.9. The molecule has 1 atom stereocenters. The van der Waals surface area contributed by atoms with Gasteiger partial charge in [-0.25, -0.2) is 9.38 Å². The number of rotatable bonds is 8. The van der Waals surface area contributed by atoms with Gasteiger partial charge in [0.25, 0.3) is 0 Å². The topological polar surface area (TPSA) is 92.0 Å². The zero-order valence-electron chi connectivity index (χ0n) is 18.2. The van der Waals surface area contributed by atoms with E-state index in [0.29, 0.717) is 37.8 Å². The van der Waals surface area contributed by atoms with Gasteiger partial charge in [-0.2, -0.15) is 0 Å². The summed E-state index contributed by atoms with van der Waals surface area (Å²) >= 11 is 0. The van der Waals surface area contributed by atoms with Crippen LogP contribution in [0.1, 0.15) is 34.5 Å². The second-order valence-corrected chi connectivity index (χ2v) is 7.35. The monoisotopic (exact) mass is 555 g/mol. The molecule has 1 aliphatic heterocycles. The molecule has 0 aliphatic carbocycles. The van der Waals surface area contributed by atoms with Gasteiger partial charge < -0.3 is 21.1 Å². The van der Waals surface area contributed by atoms with Crippen LogP contribution in [0.5, 0.6) is 0 Å². The number of hydrogen-bond donors (Lipinski definition) is 3. The second-order valence-electron chi connectivity index (χ2n) is 7.35. The molecule has 1 amide bonds. The number of nitrogens with zero attached hydrogens (tertiary/aromatic N) is 2. The van der Waals surface area contributed by atoms with E-state index in [0.717, 1.165) is 30.8 Å². The van der Waals surface area contributed by atoms with Crippen LogP contribution in [0, 0.1) is 5.82 Å². The molecular weight excluding hydrogens is 524 g/mol. The van der Waals surface area contributed by atoms with Crippen molar-refractivity contribution >= 4 is 35.8 Å². The Morgan fingerprint density at radius 3 is 2.38 bits per heavy atom. The van der Waals surface area contributed by atoms with E-state index in [-0.39, 0.29) is 35.8 Å². The summed E-state index contributed by atoms with van der Waals surface area (Å²) in [7, 11) is 0. The van der Waals surface area contributed by atoms with E-state index in [9.17, 15) is 9.18 Å². The molecule has 0 bridgehead atoms. The highest BCUT2D eigenvalue weighted by molar-refractivity contribution is 14.0. The molecule has 0 spiro atoms. The fourth-order valence-electron chi connectivity index (χ4n) is 3.51. The Bertz CT molecular complexity index is 871. The number of ether oxygens (including phenoxy) is 1. The third-order valence-corrected chi connectivity index (χ3v) is 5.21. The minimum absolute atomic E-state index is 0. The quantitative estimate of drug-likeness (QED) is 0.265. The SMILES string of the molecule is CCNC(=NCc1ccc(C(N)=O)cc1)NCC(c1ccc(F)cc1)N1CCOCC1.I. The Morgan fingerprint density at radius 1 is 1.12 bits per heavy atom. The molecule has 1 aliphatic rings. The highest BCUT2D eigenvalue weighted by atomic mass is 127. The van der Waals surface area contributed by atoms with E-state index < -0.39 is 5.91 Å². The molecule has 1 heterocycles. The zero-order chi connectivity index (χ0) is 22.1. The molecule has 1 saturated heterocycles. The predicted molar refractivity (Wildman–Crippen MR) is 135 cm³/mol. The number of carbonyl (C=O) groups is 1. The van der Waals surface area contributed by atoms with Crippen molar-refractivity contribution in [3.8, 4) is 0 Å². The first-order chi connectivity index (χ1) is 15.1. The van der Waals surface area contributed by atoms with Crippen molar-refractivity contribution < 1.29 is 13.9 Å². The van der Waals surface area contributed by atoms with E-state index >= 15 is 0 Å². The Balaban J connectivity index is 0.00000363. The van der Waals surface area contributed by atoms with Crippen LogP contribution in [-0.2, 0) is 11.3 Å². The summed E-state index contributed by atoms with van der Waals surface area (Å²) in [4.78, 5) is 18.2. The molecule has 0 saturated carbocycles. The largest absolute Gasteiger partial charge is 0.379 e. The maximum Gasteiger partial charge on any atom is 0.248 e. The lowest BCUT2D eigenvalue weighted by atomic mass is 10.0. The Labute approximate surface area is 205 Å². The fraction of sp³-hybridized carbons (Fsp3) is 0.391. The summed E-state index contributed by atoms with van der Waals surface area (Å²) in [5.41, 5.74) is 7.80. The molecule has 32 heavy (non-hydrogen) atoms. The number of carbonyl (C=O) groups excluding carboxylic acids is 1. The Hall–Kier alpha value is -2.24. The summed E-state index contributed by atoms with van der Waals surface area (Å²) in [5.74, 6) is 0.0107. The van der Waals surface area contributed by atoms with Crippen molar-refractivity contribution in [3.05, 3.63) is 71.0 Å². The van der Waals surface area contributed by atoms with Crippen molar-refractivity contribution in [3.63, 3.8) is 0 Å². The average molecular weight is 555 g/mol. The first-order valence-corrected chi connectivity index (χ1v) is 10.5. The van der Waals surface area contributed by atoms with E-state index in [1.54, 1.807) is 12.1 Å². The number of aliphatic imine (C=N–C) groups is 1. The van der Waals surface area contributed by atoms with Crippen molar-refractivity contribution in [1.29, 1.82) is 0 Å². The van der Waals surface area contributed by atoms with Gasteiger partial charge in [-0.05, 0) is 42.3 Å². The number of halogens is 2. The molecule has 174 valence electrons. The van der Waals surface area contributed by atoms with Crippen LogP contribution in [0.15, 0.2) is 53.5 Å². The second kappa shape index (κ2) is 13.3. The van der Waals surface area contributed by atoms with Gasteiger partial charge in [0.2, 0.25) is 5.91 Å². The number of hydrogen-bond acceptors (Lipinski definition) is 4. The normalized spacial score (nSPS) is 15.5. The van der Waals surface area contributed by atoms with Gasteiger partial charge in [0.15, 0.2) is 5.96 Å². The van der Waals surface area contributed by atoms with Crippen molar-refractivity contribution in [2.75, 3.05) is 39.4 Å². The van der Waals surface area contributed by atoms with Crippen LogP contribution < -0.4 is 16.4 Å². The molecule has 9 heteroatoms. The van der Waals surface area contributed by atoms with Crippen LogP contribution in [-0.4, -0.2) is 56.2 Å². The molecular formula is C23H31FIN5O2.